The van der Waals surface area contributed by atoms with E-state index in [1.807, 2.05) is 12.1 Å². The maximum Gasteiger partial charge on any atom is 0.269 e. The number of aryl methyl sites for hydroxylation is 1. The Bertz CT molecular complexity index is 1380. The molecule has 0 spiro atoms. The zero-order valence-electron chi connectivity index (χ0n) is 20.0. The predicted octanol–water partition coefficient (Wildman–Crippen LogP) is 3.23. The Labute approximate surface area is 204 Å². The number of carbonyl (C=O) groups is 1. The molecular weight excluding hydrogens is 442 g/mol. The maximum absolute atomic E-state index is 12.4. The van der Waals surface area contributed by atoms with Gasteiger partial charge in [0, 0.05) is 29.8 Å². The van der Waals surface area contributed by atoms with Crippen LogP contribution >= 0.6 is 0 Å². The average Bonchev–Trinajstić information content (AvgIpc) is 3.51. The highest BCUT2D eigenvalue weighted by Gasteiger charge is 2.41. The number of hydrogen-bond acceptors (Lipinski definition) is 6. The fourth-order valence-electron chi connectivity index (χ4n) is 5.64. The summed E-state index contributed by atoms with van der Waals surface area (Å²) in [5.41, 5.74) is 9.05. The van der Waals surface area contributed by atoms with Crippen molar-refractivity contribution >= 4 is 5.91 Å². The standard InChI is InChI=1S/C27H29N5O3/c1-16-11-23(30-35-16)27(2,34)8-7-17-5-6-20-18-13-19(14-18)32-22(15-31-9-3-4-10-31)24(25(28)33)29-26(32)21(20)12-17/h5-6,11-12,18-19,34H,3-4,9-10,13-15H2,1-2H3,(H2,28,33). The first-order chi connectivity index (χ1) is 16.8. The first kappa shape index (κ1) is 22.1. The number of benzene rings is 1. The van der Waals surface area contributed by atoms with Gasteiger partial charge in [-0.1, -0.05) is 23.1 Å². The van der Waals surface area contributed by atoms with Crippen LogP contribution in [0.3, 0.4) is 0 Å². The molecule has 1 atom stereocenters. The third-order valence-corrected chi connectivity index (χ3v) is 7.60. The van der Waals surface area contributed by atoms with Crippen molar-refractivity contribution in [3.63, 3.8) is 0 Å². The predicted molar refractivity (Wildman–Crippen MR) is 129 cm³/mol. The number of amides is 1. The number of likely N-dealkylation sites (tertiary alicyclic amines) is 1. The van der Waals surface area contributed by atoms with Crippen LogP contribution in [0.2, 0.25) is 0 Å². The van der Waals surface area contributed by atoms with Gasteiger partial charge >= 0.3 is 0 Å². The number of carbonyl (C=O) groups excluding carboxylic acids is 1. The maximum atomic E-state index is 12.4. The third kappa shape index (κ3) is 3.76. The molecule has 1 aliphatic carbocycles. The fourth-order valence-corrected chi connectivity index (χ4v) is 5.64. The third-order valence-electron chi connectivity index (χ3n) is 7.60. The fraction of sp³-hybridized carbons (Fsp3) is 0.444. The summed E-state index contributed by atoms with van der Waals surface area (Å²) >= 11 is 0. The first-order valence-electron chi connectivity index (χ1n) is 12.3. The Kier molecular flexibility index (Phi) is 5.09. The van der Waals surface area contributed by atoms with E-state index in [4.69, 9.17) is 15.2 Å². The van der Waals surface area contributed by atoms with Crippen LogP contribution in [0.5, 0.6) is 0 Å². The Balaban J connectivity index is 1.43. The summed E-state index contributed by atoms with van der Waals surface area (Å²) in [6.45, 7) is 6.14. The second-order valence-electron chi connectivity index (χ2n) is 10.2. The van der Waals surface area contributed by atoms with E-state index in [2.05, 4.69) is 32.5 Å². The molecule has 1 amide bonds. The number of aliphatic hydroxyl groups is 1. The first-order valence-corrected chi connectivity index (χ1v) is 12.3. The van der Waals surface area contributed by atoms with Gasteiger partial charge in [-0.25, -0.2) is 4.98 Å². The van der Waals surface area contributed by atoms with E-state index in [0.717, 1.165) is 48.6 Å². The van der Waals surface area contributed by atoms with E-state index in [1.54, 1.807) is 19.9 Å². The van der Waals surface area contributed by atoms with E-state index in [1.165, 1.54) is 18.4 Å². The Morgan fingerprint density at radius 3 is 2.74 bits per heavy atom. The van der Waals surface area contributed by atoms with Crippen molar-refractivity contribution in [1.82, 2.24) is 19.6 Å². The highest BCUT2D eigenvalue weighted by Crippen LogP contribution is 2.53. The zero-order chi connectivity index (χ0) is 24.3. The molecule has 8 heteroatoms. The Morgan fingerprint density at radius 1 is 1.29 bits per heavy atom. The van der Waals surface area contributed by atoms with Crippen LogP contribution in [-0.2, 0) is 12.1 Å². The molecule has 180 valence electrons. The lowest BCUT2D eigenvalue weighted by molar-refractivity contribution is 0.0993. The molecule has 7 rings (SSSR count). The van der Waals surface area contributed by atoms with Crippen LogP contribution in [0.1, 0.15) is 83.3 Å². The van der Waals surface area contributed by atoms with Gasteiger partial charge in [0.2, 0.25) is 0 Å². The number of primary amides is 1. The summed E-state index contributed by atoms with van der Waals surface area (Å²) in [6.07, 6.45) is 4.43. The topological polar surface area (TPSA) is 110 Å². The van der Waals surface area contributed by atoms with Gasteiger partial charge in [-0.3, -0.25) is 9.69 Å². The molecule has 3 aromatic rings. The van der Waals surface area contributed by atoms with E-state index in [0.29, 0.717) is 35.7 Å². The molecule has 2 aromatic heterocycles. The van der Waals surface area contributed by atoms with Crippen molar-refractivity contribution in [2.24, 2.45) is 5.73 Å². The van der Waals surface area contributed by atoms with E-state index < -0.39 is 11.5 Å². The minimum absolute atomic E-state index is 0.325. The van der Waals surface area contributed by atoms with Gasteiger partial charge in [-0.05, 0) is 76.2 Å². The van der Waals surface area contributed by atoms with Crippen LogP contribution in [0.4, 0.5) is 0 Å². The van der Waals surface area contributed by atoms with Gasteiger partial charge in [0.05, 0.1) is 5.69 Å². The van der Waals surface area contributed by atoms with Crippen LogP contribution in [0.25, 0.3) is 11.4 Å². The quantitative estimate of drug-likeness (QED) is 0.566. The second kappa shape index (κ2) is 8.08. The lowest BCUT2D eigenvalue weighted by Crippen LogP contribution is -2.28. The molecule has 5 heterocycles. The van der Waals surface area contributed by atoms with Gasteiger partial charge < -0.3 is 19.9 Å². The number of rotatable bonds is 4. The number of imidazole rings is 1. The highest BCUT2D eigenvalue weighted by molar-refractivity contribution is 5.93. The van der Waals surface area contributed by atoms with E-state index in [-0.39, 0.29) is 0 Å². The lowest BCUT2D eigenvalue weighted by atomic mass is 9.75. The largest absolute Gasteiger partial charge is 0.372 e. The lowest BCUT2D eigenvalue weighted by Gasteiger charge is -2.36. The van der Waals surface area contributed by atoms with Gasteiger partial charge in [-0.2, -0.15) is 0 Å². The Morgan fingerprint density at radius 2 is 2.06 bits per heavy atom. The molecule has 1 saturated heterocycles. The van der Waals surface area contributed by atoms with Crippen molar-refractivity contribution in [3.8, 4) is 23.2 Å². The summed E-state index contributed by atoms with van der Waals surface area (Å²) in [5.74, 6) is 7.45. The molecule has 2 fully saturated rings. The zero-order valence-corrected chi connectivity index (χ0v) is 20.0. The molecule has 35 heavy (non-hydrogen) atoms. The SMILES string of the molecule is Cc1cc(C(C)(O)C#Cc2ccc3c(c2)-c2nc(C(N)=O)c(CN4CCCC4)n2C2CC3C2)no1. The highest BCUT2D eigenvalue weighted by atomic mass is 16.5. The van der Waals surface area contributed by atoms with Crippen molar-refractivity contribution in [1.29, 1.82) is 0 Å². The summed E-state index contributed by atoms with van der Waals surface area (Å²) in [4.78, 5) is 19.6. The van der Waals surface area contributed by atoms with Crippen LogP contribution in [-0.4, -0.2) is 43.7 Å². The molecule has 3 aliphatic heterocycles. The Hall–Kier alpha value is -3.41. The van der Waals surface area contributed by atoms with Crippen LogP contribution in [0.15, 0.2) is 28.8 Å². The summed E-state index contributed by atoms with van der Waals surface area (Å²) in [6, 6.07) is 8.14. The molecule has 4 aliphatic rings. The summed E-state index contributed by atoms with van der Waals surface area (Å²) in [7, 11) is 0. The van der Waals surface area contributed by atoms with Crippen molar-refractivity contribution in [2.45, 2.75) is 63.6 Å². The monoisotopic (exact) mass is 471 g/mol. The van der Waals surface area contributed by atoms with Gasteiger partial charge in [-0.15, -0.1) is 0 Å². The minimum atomic E-state index is -1.44. The number of aromatic nitrogens is 3. The van der Waals surface area contributed by atoms with Gasteiger partial charge in [0.15, 0.2) is 11.3 Å². The second-order valence-corrected chi connectivity index (χ2v) is 10.2. The molecular formula is C27H29N5O3. The van der Waals surface area contributed by atoms with Gasteiger partial charge in [0.1, 0.15) is 17.3 Å². The summed E-state index contributed by atoms with van der Waals surface area (Å²) in [5, 5.41) is 14.7. The van der Waals surface area contributed by atoms with Crippen molar-refractivity contribution in [3.05, 3.63) is 58.2 Å². The van der Waals surface area contributed by atoms with Crippen molar-refractivity contribution < 1.29 is 14.4 Å². The van der Waals surface area contributed by atoms with E-state index >= 15 is 0 Å². The van der Waals surface area contributed by atoms with E-state index in [9.17, 15) is 9.90 Å². The molecule has 1 saturated carbocycles. The number of nitrogens with two attached hydrogens (primary N) is 1. The molecule has 8 nitrogen and oxygen atoms in total. The normalized spacial score (nSPS) is 22.3. The summed E-state index contributed by atoms with van der Waals surface area (Å²) < 4.78 is 7.37. The molecule has 1 unspecified atom stereocenters. The number of nitrogens with zero attached hydrogens (tertiary/aromatic N) is 4. The minimum Gasteiger partial charge on any atom is -0.372 e. The number of hydrogen-bond donors (Lipinski definition) is 2. The molecule has 1 aromatic carbocycles. The van der Waals surface area contributed by atoms with Gasteiger partial charge in [0.25, 0.3) is 5.91 Å². The molecule has 2 bridgehead atoms. The molecule has 3 N–H and O–H groups in total. The smallest absolute Gasteiger partial charge is 0.269 e. The average molecular weight is 472 g/mol. The van der Waals surface area contributed by atoms with Crippen molar-refractivity contribution in [2.75, 3.05) is 13.1 Å². The molecule has 0 radical (unpaired) electrons. The van der Waals surface area contributed by atoms with Crippen LogP contribution < -0.4 is 5.73 Å². The van der Waals surface area contributed by atoms with Crippen LogP contribution in [0, 0.1) is 18.8 Å².